The molecule has 0 spiro atoms. The molecule has 104 valence electrons. The zero-order chi connectivity index (χ0) is 12.6. The van der Waals surface area contributed by atoms with Gasteiger partial charge in [0.2, 0.25) is 10.0 Å². The molecular formula is C12H22N2O3S. The van der Waals surface area contributed by atoms with Crippen LogP contribution in [0.15, 0.2) is 0 Å². The molecule has 3 unspecified atom stereocenters. The molecule has 18 heavy (non-hydrogen) atoms. The molecular weight excluding hydrogens is 252 g/mol. The van der Waals surface area contributed by atoms with Gasteiger partial charge in [0.15, 0.2) is 0 Å². The first-order valence-corrected chi connectivity index (χ1v) is 8.63. The molecule has 3 fully saturated rings. The molecule has 3 heterocycles. The molecule has 6 heteroatoms. The van der Waals surface area contributed by atoms with Crippen molar-refractivity contribution in [2.45, 2.75) is 62.8 Å². The van der Waals surface area contributed by atoms with E-state index < -0.39 is 10.0 Å². The lowest BCUT2D eigenvalue weighted by atomic mass is 10.0. The van der Waals surface area contributed by atoms with Crippen LogP contribution in [-0.4, -0.2) is 45.0 Å². The molecule has 0 saturated carbocycles. The van der Waals surface area contributed by atoms with Crippen molar-refractivity contribution in [3.8, 4) is 0 Å². The summed E-state index contributed by atoms with van der Waals surface area (Å²) in [4.78, 5) is 0. The largest absolute Gasteiger partial charge is 0.377 e. The summed E-state index contributed by atoms with van der Waals surface area (Å²) in [7, 11) is -3.19. The first-order valence-electron chi connectivity index (χ1n) is 6.98. The average molecular weight is 274 g/mol. The van der Waals surface area contributed by atoms with Gasteiger partial charge in [0.1, 0.15) is 0 Å². The van der Waals surface area contributed by atoms with Gasteiger partial charge in [-0.15, -0.1) is 0 Å². The van der Waals surface area contributed by atoms with E-state index in [-0.39, 0.29) is 17.9 Å². The molecule has 0 aromatic heterocycles. The van der Waals surface area contributed by atoms with Crippen molar-refractivity contribution in [2.24, 2.45) is 0 Å². The van der Waals surface area contributed by atoms with E-state index in [1.807, 2.05) is 0 Å². The third kappa shape index (κ3) is 3.04. The highest BCUT2D eigenvalue weighted by Crippen LogP contribution is 2.27. The van der Waals surface area contributed by atoms with Crippen LogP contribution >= 0.6 is 0 Å². The van der Waals surface area contributed by atoms with Crippen LogP contribution < -0.4 is 10.0 Å². The van der Waals surface area contributed by atoms with Crippen molar-refractivity contribution in [1.29, 1.82) is 0 Å². The van der Waals surface area contributed by atoms with E-state index in [4.69, 9.17) is 4.74 Å². The summed E-state index contributed by atoms with van der Waals surface area (Å²) in [5.41, 5.74) is 0. The first kappa shape index (κ1) is 12.8. The smallest absolute Gasteiger partial charge is 0.214 e. The van der Waals surface area contributed by atoms with Crippen LogP contribution in [0.1, 0.15) is 38.5 Å². The average Bonchev–Trinajstić information content (AvgIpc) is 2.87. The second kappa shape index (κ2) is 5.07. The van der Waals surface area contributed by atoms with E-state index in [0.29, 0.717) is 18.7 Å². The lowest BCUT2D eigenvalue weighted by Crippen LogP contribution is -2.49. The van der Waals surface area contributed by atoms with Gasteiger partial charge in [-0.1, -0.05) is 0 Å². The van der Waals surface area contributed by atoms with Crippen LogP contribution in [0.3, 0.4) is 0 Å². The van der Waals surface area contributed by atoms with Crippen molar-refractivity contribution in [1.82, 2.24) is 10.0 Å². The lowest BCUT2D eigenvalue weighted by molar-refractivity contribution is 0.127. The van der Waals surface area contributed by atoms with Gasteiger partial charge in [0.05, 0.1) is 11.9 Å². The van der Waals surface area contributed by atoms with Gasteiger partial charge in [-0.25, -0.2) is 13.1 Å². The normalized spacial score (nSPS) is 40.2. The maximum atomic E-state index is 12.1. The van der Waals surface area contributed by atoms with Crippen LogP contribution in [0.4, 0.5) is 0 Å². The van der Waals surface area contributed by atoms with Gasteiger partial charge >= 0.3 is 0 Å². The Kier molecular flexibility index (Phi) is 3.62. The first-order chi connectivity index (χ1) is 8.61. The number of hydrogen-bond acceptors (Lipinski definition) is 4. The van der Waals surface area contributed by atoms with Crippen molar-refractivity contribution in [2.75, 3.05) is 12.4 Å². The number of nitrogens with one attached hydrogen (secondary N) is 2. The summed E-state index contributed by atoms with van der Waals surface area (Å²) in [6.45, 7) is 0.706. The van der Waals surface area contributed by atoms with Gasteiger partial charge in [-0.05, 0) is 38.5 Å². The second-order valence-electron chi connectivity index (χ2n) is 5.84. The topological polar surface area (TPSA) is 67.4 Å². The minimum atomic E-state index is -3.19. The molecule has 3 rings (SSSR count). The highest BCUT2D eigenvalue weighted by atomic mass is 32.2. The zero-order valence-electron chi connectivity index (χ0n) is 10.6. The number of ether oxygens (including phenoxy) is 1. The molecule has 0 aliphatic carbocycles. The van der Waals surface area contributed by atoms with E-state index in [1.165, 1.54) is 12.8 Å². The molecule has 3 atom stereocenters. The van der Waals surface area contributed by atoms with Crippen LogP contribution in [0.5, 0.6) is 0 Å². The van der Waals surface area contributed by atoms with Crippen LogP contribution in [0.25, 0.3) is 0 Å². The predicted octanol–water partition coefficient (Wildman–Crippen LogP) is 0.368. The summed E-state index contributed by atoms with van der Waals surface area (Å²) in [6.07, 6.45) is 6.00. The standard InChI is InChI=1S/C12H22N2O3S/c15-18(16,8-12-2-1-5-17-12)14-11-6-9-3-4-10(7-11)13-9/h9-14H,1-8H2. The van der Waals surface area contributed by atoms with Gasteiger partial charge < -0.3 is 10.1 Å². The number of rotatable bonds is 4. The summed E-state index contributed by atoms with van der Waals surface area (Å²) >= 11 is 0. The lowest BCUT2D eigenvalue weighted by Gasteiger charge is -2.29. The Morgan fingerprint density at radius 3 is 2.50 bits per heavy atom. The Hall–Kier alpha value is -0.170. The molecule has 3 saturated heterocycles. The van der Waals surface area contributed by atoms with Crippen LogP contribution in [0, 0.1) is 0 Å². The van der Waals surface area contributed by atoms with E-state index >= 15 is 0 Å². The Morgan fingerprint density at radius 1 is 1.17 bits per heavy atom. The number of sulfonamides is 1. The molecule has 0 radical (unpaired) electrons. The Labute approximate surface area is 109 Å². The van der Waals surface area contributed by atoms with E-state index in [2.05, 4.69) is 10.0 Å². The zero-order valence-corrected chi connectivity index (χ0v) is 11.4. The third-order valence-corrected chi connectivity index (χ3v) is 5.75. The van der Waals surface area contributed by atoms with Gasteiger partial charge in [0, 0.05) is 24.7 Å². The van der Waals surface area contributed by atoms with Crippen LogP contribution in [-0.2, 0) is 14.8 Å². The van der Waals surface area contributed by atoms with Gasteiger partial charge in [0.25, 0.3) is 0 Å². The van der Waals surface area contributed by atoms with E-state index in [0.717, 1.165) is 25.7 Å². The highest BCUT2D eigenvalue weighted by Gasteiger charge is 2.35. The quantitative estimate of drug-likeness (QED) is 0.777. The maximum Gasteiger partial charge on any atom is 0.214 e. The fraction of sp³-hybridized carbons (Fsp3) is 1.00. The predicted molar refractivity (Wildman–Crippen MR) is 68.9 cm³/mol. The van der Waals surface area contributed by atoms with Gasteiger partial charge in [-0.2, -0.15) is 0 Å². The summed E-state index contributed by atoms with van der Waals surface area (Å²) < 4.78 is 32.4. The SMILES string of the molecule is O=S(=O)(CC1CCCO1)NC1CC2CCC(C1)N2. The molecule has 3 aliphatic rings. The number of piperidine rings is 1. The molecule has 0 aromatic rings. The molecule has 0 amide bonds. The van der Waals surface area contributed by atoms with E-state index in [1.54, 1.807) is 0 Å². The summed E-state index contributed by atoms with van der Waals surface area (Å²) in [6, 6.07) is 1.15. The van der Waals surface area contributed by atoms with Crippen LogP contribution in [0.2, 0.25) is 0 Å². The van der Waals surface area contributed by atoms with Crippen molar-refractivity contribution in [3.05, 3.63) is 0 Å². The fourth-order valence-electron chi connectivity index (χ4n) is 3.48. The number of fused-ring (bicyclic) bond motifs is 2. The summed E-state index contributed by atoms with van der Waals surface area (Å²) in [5.74, 6) is 0.131. The summed E-state index contributed by atoms with van der Waals surface area (Å²) in [5, 5.41) is 3.52. The molecule has 5 nitrogen and oxygen atoms in total. The molecule has 0 aromatic carbocycles. The Balaban J connectivity index is 1.54. The Morgan fingerprint density at radius 2 is 1.89 bits per heavy atom. The highest BCUT2D eigenvalue weighted by molar-refractivity contribution is 7.89. The minimum absolute atomic E-state index is 0.0964. The van der Waals surface area contributed by atoms with Crippen molar-refractivity contribution in [3.63, 3.8) is 0 Å². The second-order valence-corrected chi connectivity index (χ2v) is 7.64. The number of hydrogen-bond donors (Lipinski definition) is 2. The fourth-order valence-corrected chi connectivity index (χ4v) is 5.02. The van der Waals surface area contributed by atoms with Crippen molar-refractivity contribution < 1.29 is 13.2 Å². The van der Waals surface area contributed by atoms with E-state index in [9.17, 15) is 8.42 Å². The third-order valence-electron chi connectivity index (χ3n) is 4.25. The minimum Gasteiger partial charge on any atom is -0.377 e. The monoisotopic (exact) mass is 274 g/mol. The molecule has 2 N–H and O–H groups in total. The van der Waals surface area contributed by atoms with Crippen molar-refractivity contribution >= 4 is 10.0 Å². The molecule has 3 aliphatic heterocycles. The molecule has 2 bridgehead atoms. The maximum absolute atomic E-state index is 12.1. The van der Waals surface area contributed by atoms with Gasteiger partial charge in [-0.3, -0.25) is 0 Å². The Bertz CT molecular complexity index is 380.